The van der Waals surface area contributed by atoms with Crippen molar-refractivity contribution in [1.82, 2.24) is 9.97 Å². The Hall–Kier alpha value is -3.39. The fourth-order valence-corrected chi connectivity index (χ4v) is 4.99. The number of hydrogen-bond acceptors (Lipinski definition) is 7. The summed E-state index contributed by atoms with van der Waals surface area (Å²) in [7, 11) is 0. The summed E-state index contributed by atoms with van der Waals surface area (Å²) in [4.78, 5) is 35.9. The van der Waals surface area contributed by atoms with Crippen LogP contribution in [0, 0.1) is 5.92 Å². The Kier molecular flexibility index (Phi) is 8.73. The fraction of sp³-hybridized carbons (Fsp3) is 0.333. The van der Waals surface area contributed by atoms with E-state index in [0.29, 0.717) is 23.8 Å². The van der Waals surface area contributed by atoms with Crippen molar-refractivity contribution >= 4 is 35.1 Å². The normalized spacial score (nSPS) is 13.9. The van der Waals surface area contributed by atoms with E-state index in [1.807, 2.05) is 0 Å². The molecule has 7 nitrogen and oxygen atoms in total. The molecule has 1 fully saturated rings. The largest absolute Gasteiger partial charge is 0.462 e. The predicted molar refractivity (Wildman–Crippen MR) is 139 cm³/mol. The number of amides is 1. The number of rotatable bonds is 9. The summed E-state index contributed by atoms with van der Waals surface area (Å²) in [5, 5.41) is 3.60. The van der Waals surface area contributed by atoms with E-state index in [2.05, 4.69) is 50.5 Å². The third kappa shape index (κ3) is 7.05. The Morgan fingerprint density at radius 1 is 1.06 bits per heavy atom. The first-order valence-corrected chi connectivity index (χ1v) is 12.9. The zero-order valence-electron chi connectivity index (χ0n) is 19.9. The van der Waals surface area contributed by atoms with E-state index >= 15 is 0 Å². The second-order valence-corrected chi connectivity index (χ2v) is 9.41. The molecule has 3 aromatic rings. The summed E-state index contributed by atoms with van der Waals surface area (Å²) in [6, 6.07) is 17.4. The average Bonchev–Trinajstić information content (AvgIpc) is 2.89. The molecule has 8 heteroatoms. The van der Waals surface area contributed by atoms with Crippen LogP contribution in [-0.4, -0.2) is 47.3 Å². The molecule has 1 amide bonds. The maximum absolute atomic E-state index is 12.6. The second-order valence-electron chi connectivity index (χ2n) is 8.44. The zero-order chi connectivity index (χ0) is 24.5. The molecule has 0 radical (unpaired) electrons. The van der Waals surface area contributed by atoms with Crippen LogP contribution in [-0.2, 0) is 16.0 Å². The summed E-state index contributed by atoms with van der Waals surface area (Å²) in [5.41, 5.74) is 2.35. The van der Waals surface area contributed by atoms with Gasteiger partial charge in [0.25, 0.3) is 0 Å². The number of hydrogen-bond donors (Lipinski definition) is 1. The van der Waals surface area contributed by atoms with Crippen LogP contribution in [0.5, 0.6) is 0 Å². The van der Waals surface area contributed by atoms with Gasteiger partial charge in [0.05, 0.1) is 17.9 Å². The first-order chi connectivity index (χ1) is 17.1. The van der Waals surface area contributed by atoms with E-state index in [1.165, 1.54) is 17.3 Å². The Morgan fingerprint density at radius 3 is 2.60 bits per heavy atom. The molecule has 1 saturated heterocycles. The third-order valence-corrected chi connectivity index (χ3v) is 6.89. The smallest absolute Gasteiger partial charge is 0.338 e. The first kappa shape index (κ1) is 24.7. The number of nitrogens with zero attached hydrogens (tertiary/aromatic N) is 3. The summed E-state index contributed by atoms with van der Waals surface area (Å²) in [6.07, 6.45) is 6.68. The molecule has 1 aliphatic rings. The Morgan fingerprint density at radius 2 is 1.83 bits per heavy atom. The maximum Gasteiger partial charge on any atom is 0.338 e. The van der Waals surface area contributed by atoms with Gasteiger partial charge in [-0.25, -0.2) is 14.8 Å². The van der Waals surface area contributed by atoms with Gasteiger partial charge in [-0.3, -0.25) is 4.79 Å². The Balaban J connectivity index is 1.31. The number of carbonyl (C=O) groups is 2. The van der Waals surface area contributed by atoms with E-state index in [0.717, 1.165) is 43.2 Å². The van der Waals surface area contributed by atoms with E-state index in [4.69, 9.17) is 4.74 Å². The molecule has 1 aliphatic heterocycles. The molecule has 4 rings (SSSR count). The molecule has 35 heavy (non-hydrogen) atoms. The lowest BCUT2D eigenvalue weighted by Crippen LogP contribution is -2.35. The van der Waals surface area contributed by atoms with Crippen molar-refractivity contribution in [2.24, 2.45) is 5.92 Å². The van der Waals surface area contributed by atoms with Crippen LogP contribution >= 0.6 is 11.8 Å². The highest BCUT2D eigenvalue weighted by Crippen LogP contribution is 2.30. The average molecular weight is 491 g/mol. The van der Waals surface area contributed by atoms with E-state index < -0.39 is 5.97 Å². The minimum atomic E-state index is -0.408. The number of anilines is 2. The predicted octanol–water partition coefficient (Wildman–Crippen LogP) is 4.84. The standard InChI is InChI=1S/C27H30N4O3S/c1-2-34-27(33)22-9-6-10-23(18-22)30-24(32)19-35-26-25(28-13-14-29-26)31-15-11-21(12-16-31)17-20-7-4-3-5-8-20/h3-10,13-14,18,21H,2,11-12,15-17,19H2,1H3,(H,30,32). The summed E-state index contributed by atoms with van der Waals surface area (Å²) in [5.74, 6) is 1.12. The third-order valence-electron chi connectivity index (χ3n) is 5.93. The Labute approximate surface area is 210 Å². The molecule has 0 bridgehead atoms. The van der Waals surface area contributed by atoms with Crippen LogP contribution < -0.4 is 10.2 Å². The van der Waals surface area contributed by atoms with Gasteiger partial charge in [0.2, 0.25) is 5.91 Å². The molecule has 1 aromatic heterocycles. The molecule has 2 aromatic carbocycles. The summed E-state index contributed by atoms with van der Waals surface area (Å²) >= 11 is 1.37. The number of piperidine rings is 1. The SMILES string of the molecule is CCOC(=O)c1cccc(NC(=O)CSc2nccnc2N2CCC(Cc3ccccc3)CC2)c1. The Bertz CT molecular complexity index is 1130. The van der Waals surface area contributed by atoms with Gasteiger partial charge in [-0.1, -0.05) is 48.2 Å². The molecule has 0 unspecified atom stereocenters. The summed E-state index contributed by atoms with van der Waals surface area (Å²) in [6.45, 7) is 3.92. The van der Waals surface area contributed by atoms with Crippen molar-refractivity contribution in [1.29, 1.82) is 0 Å². The van der Waals surface area contributed by atoms with Crippen molar-refractivity contribution in [3.8, 4) is 0 Å². The van der Waals surface area contributed by atoms with Crippen LogP contribution in [0.2, 0.25) is 0 Å². The highest BCUT2D eigenvalue weighted by molar-refractivity contribution is 8.00. The lowest BCUT2D eigenvalue weighted by atomic mass is 9.90. The maximum atomic E-state index is 12.6. The second kappa shape index (κ2) is 12.4. The van der Waals surface area contributed by atoms with Crippen molar-refractivity contribution < 1.29 is 14.3 Å². The van der Waals surface area contributed by atoms with Gasteiger partial charge in [0, 0.05) is 31.2 Å². The number of ether oxygens (including phenoxy) is 1. The van der Waals surface area contributed by atoms with Crippen LogP contribution in [0.3, 0.4) is 0 Å². The van der Waals surface area contributed by atoms with Crippen LogP contribution in [0.15, 0.2) is 72.0 Å². The van der Waals surface area contributed by atoms with Gasteiger partial charge in [-0.2, -0.15) is 0 Å². The van der Waals surface area contributed by atoms with Crippen LogP contribution in [0.1, 0.15) is 35.7 Å². The highest BCUT2D eigenvalue weighted by Gasteiger charge is 2.23. The molecule has 0 atom stereocenters. The first-order valence-electron chi connectivity index (χ1n) is 11.9. The minimum absolute atomic E-state index is 0.172. The van der Waals surface area contributed by atoms with Crippen molar-refractivity contribution in [3.63, 3.8) is 0 Å². The van der Waals surface area contributed by atoms with Crippen molar-refractivity contribution in [2.75, 3.05) is 35.7 Å². The van der Waals surface area contributed by atoms with E-state index in [9.17, 15) is 9.59 Å². The number of esters is 1. The molecule has 2 heterocycles. The topological polar surface area (TPSA) is 84.4 Å². The van der Waals surface area contributed by atoms with Crippen LogP contribution in [0.4, 0.5) is 11.5 Å². The number of benzene rings is 2. The molecule has 1 N–H and O–H groups in total. The molecule has 0 saturated carbocycles. The van der Waals surface area contributed by atoms with Crippen molar-refractivity contribution in [2.45, 2.75) is 31.2 Å². The lowest BCUT2D eigenvalue weighted by Gasteiger charge is -2.33. The monoisotopic (exact) mass is 490 g/mol. The minimum Gasteiger partial charge on any atom is -0.462 e. The zero-order valence-corrected chi connectivity index (χ0v) is 20.7. The molecule has 0 spiro atoms. The van der Waals surface area contributed by atoms with Gasteiger partial charge in [0.15, 0.2) is 5.82 Å². The van der Waals surface area contributed by atoms with E-state index in [-0.39, 0.29) is 11.7 Å². The van der Waals surface area contributed by atoms with Gasteiger partial charge < -0.3 is 15.0 Å². The van der Waals surface area contributed by atoms with E-state index in [1.54, 1.807) is 43.6 Å². The number of nitrogens with one attached hydrogen (secondary N) is 1. The van der Waals surface area contributed by atoms with Gasteiger partial charge in [-0.15, -0.1) is 0 Å². The number of aromatic nitrogens is 2. The van der Waals surface area contributed by atoms with Crippen molar-refractivity contribution in [3.05, 3.63) is 78.1 Å². The fourth-order valence-electron chi connectivity index (χ4n) is 4.20. The highest BCUT2D eigenvalue weighted by atomic mass is 32.2. The van der Waals surface area contributed by atoms with Gasteiger partial charge >= 0.3 is 5.97 Å². The molecular formula is C27H30N4O3S. The lowest BCUT2D eigenvalue weighted by molar-refractivity contribution is -0.113. The molecule has 0 aliphatic carbocycles. The molecule has 182 valence electrons. The van der Waals surface area contributed by atoms with Crippen LogP contribution in [0.25, 0.3) is 0 Å². The van der Waals surface area contributed by atoms with Gasteiger partial charge in [0.1, 0.15) is 5.03 Å². The number of thioether (sulfide) groups is 1. The summed E-state index contributed by atoms with van der Waals surface area (Å²) < 4.78 is 5.02. The van der Waals surface area contributed by atoms with Gasteiger partial charge in [-0.05, 0) is 55.9 Å². The quantitative estimate of drug-likeness (QED) is 0.339. The molecular weight excluding hydrogens is 460 g/mol. The number of carbonyl (C=O) groups excluding carboxylic acids is 2.